The number of non-ortho nitro benzene ring substituents is 1. The highest BCUT2D eigenvalue weighted by atomic mass is 16.6. The molecule has 0 fully saturated rings. The molecule has 0 saturated carbocycles. The van der Waals surface area contributed by atoms with Crippen LogP contribution in [0.4, 0.5) is 5.69 Å². The fourth-order valence-corrected chi connectivity index (χ4v) is 2.43. The van der Waals surface area contributed by atoms with E-state index in [0.717, 1.165) is 17.7 Å². The molecule has 0 radical (unpaired) electrons. The maximum atomic E-state index is 12.4. The second-order valence-electron chi connectivity index (χ2n) is 5.77. The van der Waals surface area contributed by atoms with Crippen molar-refractivity contribution >= 4 is 17.6 Å². The molecule has 0 bridgehead atoms. The molecular weight excluding hydrogens is 336 g/mol. The lowest BCUT2D eigenvalue weighted by Crippen LogP contribution is -2.27. The number of nitro benzene ring substituents is 1. The summed E-state index contributed by atoms with van der Waals surface area (Å²) in [5, 5.41) is 13.8. The summed E-state index contributed by atoms with van der Waals surface area (Å²) in [5.74, 6) is -1.12. The number of esters is 1. The quantitative estimate of drug-likeness (QED) is 0.466. The maximum absolute atomic E-state index is 12.4. The van der Waals surface area contributed by atoms with Crippen LogP contribution in [0, 0.1) is 10.1 Å². The first kappa shape index (κ1) is 19.1. The molecule has 0 heterocycles. The highest BCUT2D eigenvalue weighted by Crippen LogP contribution is 2.19. The van der Waals surface area contributed by atoms with Gasteiger partial charge in [0.05, 0.1) is 17.1 Å². The Balaban J connectivity index is 2.16. The molecule has 0 aliphatic carbocycles. The lowest BCUT2D eigenvalue weighted by molar-refractivity contribution is -0.384. The Morgan fingerprint density at radius 2 is 1.81 bits per heavy atom. The summed E-state index contributed by atoms with van der Waals surface area (Å²) in [7, 11) is 0. The number of amides is 1. The number of rotatable bonds is 7. The predicted molar refractivity (Wildman–Crippen MR) is 96.2 cm³/mol. The van der Waals surface area contributed by atoms with Crippen LogP contribution in [0.3, 0.4) is 0 Å². The molecule has 2 aromatic rings. The normalized spacial score (nSPS) is 11.5. The number of hydrogen-bond acceptors (Lipinski definition) is 5. The largest absolute Gasteiger partial charge is 0.462 e. The van der Waals surface area contributed by atoms with Crippen molar-refractivity contribution in [2.75, 3.05) is 13.2 Å². The first-order valence-electron chi connectivity index (χ1n) is 8.22. The Kier molecular flexibility index (Phi) is 6.43. The van der Waals surface area contributed by atoms with Gasteiger partial charge in [-0.1, -0.05) is 37.3 Å². The van der Waals surface area contributed by atoms with Gasteiger partial charge in [-0.3, -0.25) is 14.9 Å². The molecule has 0 aliphatic rings. The Labute approximate surface area is 151 Å². The molecule has 136 valence electrons. The van der Waals surface area contributed by atoms with Crippen molar-refractivity contribution in [1.82, 2.24) is 5.32 Å². The third-order valence-corrected chi connectivity index (χ3v) is 3.84. The van der Waals surface area contributed by atoms with E-state index in [1.165, 1.54) is 6.07 Å². The van der Waals surface area contributed by atoms with E-state index in [9.17, 15) is 19.7 Å². The number of hydrogen-bond donors (Lipinski definition) is 1. The van der Waals surface area contributed by atoms with Crippen LogP contribution >= 0.6 is 0 Å². The minimum Gasteiger partial charge on any atom is -0.462 e. The number of ether oxygens (including phenoxy) is 1. The third-order valence-electron chi connectivity index (χ3n) is 3.84. The van der Waals surface area contributed by atoms with Crippen molar-refractivity contribution in [2.24, 2.45) is 0 Å². The van der Waals surface area contributed by atoms with Crippen molar-refractivity contribution in [3.8, 4) is 0 Å². The van der Waals surface area contributed by atoms with Gasteiger partial charge in [-0.25, -0.2) is 4.79 Å². The fraction of sp³-hybridized carbons (Fsp3) is 0.263. The molecule has 0 spiro atoms. The van der Waals surface area contributed by atoms with E-state index in [-0.39, 0.29) is 29.3 Å². The summed E-state index contributed by atoms with van der Waals surface area (Å²) in [6, 6.07) is 13.2. The van der Waals surface area contributed by atoms with Crippen LogP contribution in [0.5, 0.6) is 0 Å². The number of carbonyl (C=O) groups excluding carboxylic acids is 2. The topological polar surface area (TPSA) is 98.5 Å². The zero-order chi connectivity index (χ0) is 19.1. The van der Waals surface area contributed by atoms with Crippen LogP contribution in [-0.4, -0.2) is 30.0 Å². The molecule has 1 N–H and O–H groups in total. The summed E-state index contributed by atoms with van der Waals surface area (Å²) in [4.78, 5) is 34.7. The number of nitro groups is 1. The molecule has 2 aromatic carbocycles. The minimum atomic E-state index is -0.706. The molecule has 1 amide bonds. The van der Waals surface area contributed by atoms with Crippen molar-refractivity contribution < 1.29 is 19.2 Å². The fourth-order valence-electron chi connectivity index (χ4n) is 2.43. The van der Waals surface area contributed by atoms with E-state index >= 15 is 0 Å². The van der Waals surface area contributed by atoms with Crippen molar-refractivity contribution in [3.05, 3.63) is 75.3 Å². The number of nitrogens with zero attached hydrogens (tertiary/aromatic N) is 1. The molecule has 2 rings (SSSR count). The summed E-state index contributed by atoms with van der Waals surface area (Å²) >= 11 is 0. The molecule has 0 aromatic heterocycles. The van der Waals surface area contributed by atoms with Gasteiger partial charge in [-0.2, -0.15) is 0 Å². The highest BCUT2D eigenvalue weighted by Gasteiger charge is 2.19. The van der Waals surface area contributed by atoms with Crippen LogP contribution in [0.25, 0.3) is 0 Å². The molecule has 7 heteroatoms. The molecule has 26 heavy (non-hydrogen) atoms. The SMILES string of the molecule is CCOC(=O)c1cc(C(=O)NC[C@@H](C)c2ccccc2)cc([N+](=O)[O-])c1. The molecule has 0 aliphatic heterocycles. The van der Waals surface area contributed by atoms with Crippen LogP contribution < -0.4 is 5.32 Å². The summed E-state index contributed by atoms with van der Waals surface area (Å²) in [6.07, 6.45) is 0. The van der Waals surface area contributed by atoms with Gasteiger partial charge in [0.25, 0.3) is 11.6 Å². The van der Waals surface area contributed by atoms with Crippen molar-refractivity contribution in [2.45, 2.75) is 19.8 Å². The highest BCUT2D eigenvalue weighted by molar-refractivity contribution is 5.99. The summed E-state index contributed by atoms with van der Waals surface area (Å²) < 4.78 is 4.86. The number of benzene rings is 2. The van der Waals surface area contributed by atoms with Crippen LogP contribution in [0.2, 0.25) is 0 Å². The Morgan fingerprint density at radius 3 is 2.42 bits per heavy atom. The Morgan fingerprint density at radius 1 is 1.15 bits per heavy atom. The van der Waals surface area contributed by atoms with E-state index in [2.05, 4.69) is 5.32 Å². The second-order valence-corrected chi connectivity index (χ2v) is 5.77. The van der Waals surface area contributed by atoms with Gasteiger partial charge in [-0.15, -0.1) is 0 Å². The van der Waals surface area contributed by atoms with Gasteiger partial charge in [0, 0.05) is 24.2 Å². The van der Waals surface area contributed by atoms with Gasteiger partial charge in [0.1, 0.15) is 0 Å². The average molecular weight is 356 g/mol. The van der Waals surface area contributed by atoms with Gasteiger partial charge >= 0.3 is 5.97 Å². The van der Waals surface area contributed by atoms with Crippen LogP contribution in [-0.2, 0) is 4.74 Å². The Bertz CT molecular complexity index is 805. The number of nitrogens with one attached hydrogen (secondary N) is 1. The van der Waals surface area contributed by atoms with Gasteiger partial charge in [0.15, 0.2) is 0 Å². The van der Waals surface area contributed by atoms with E-state index in [0.29, 0.717) is 6.54 Å². The van der Waals surface area contributed by atoms with Crippen LogP contribution in [0.15, 0.2) is 48.5 Å². The lowest BCUT2D eigenvalue weighted by atomic mass is 10.0. The predicted octanol–water partition coefficient (Wildman–Crippen LogP) is 3.31. The lowest BCUT2D eigenvalue weighted by Gasteiger charge is -2.13. The van der Waals surface area contributed by atoms with Gasteiger partial charge in [-0.05, 0) is 24.5 Å². The van der Waals surface area contributed by atoms with Crippen LogP contribution in [0.1, 0.15) is 46.0 Å². The molecular formula is C19H20N2O5. The van der Waals surface area contributed by atoms with E-state index in [1.807, 2.05) is 37.3 Å². The van der Waals surface area contributed by atoms with Gasteiger partial charge in [0.2, 0.25) is 0 Å². The van der Waals surface area contributed by atoms with Crippen molar-refractivity contribution in [3.63, 3.8) is 0 Å². The first-order chi connectivity index (χ1) is 12.4. The second kappa shape index (κ2) is 8.75. The van der Waals surface area contributed by atoms with E-state index in [4.69, 9.17) is 4.74 Å². The zero-order valence-electron chi connectivity index (χ0n) is 14.6. The molecule has 0 saturated heterocycles. The van der Waals surface area contributed by atoms with E-state index in [1.54, 1.807) is 6.92 Å². The molecule has 7 nitrogen and oxygen atoms in total. The summed E-state index contributed by atoms with van der Waals surface area (Å²) in [6.45, 7) is 4.10. The Hall–Kier alpha value is -3.22. The number of carbonyl (C=O) groups is 2. The monoisotopic (exact) mass is 356 g/mol. The average Bonchev–Trinajstić information content (AvgIpc) is 2.66. The third kappa shape index (κ3) is 4.89. The smallest absolute Gasteiger partial charge is 0.338 e. The molecule has 1 atom stereocenters. The minimum absolute atomic E-state index is 0.0256. The standard InChI is InChI=1S/C19H20N2O5/c1-3-26-19(23)16-9-15(10-17(11-16)21(24)25)18(22)20-12-13(2)14-7-5-4-6-8-14/h4-11,13H,3,12H2,1-2H3,(H,20,22)/t13-/m1/s1. The first-order valence-corrected chi connectivity index (χ1v) is 8.22. The van der Waals surface area contributed by atoms with E-state index < -0.39 is 16.8 Å². The maximum Gasteiger partial charge on any atom is 0.338 e. The molecule has 0 unspecified atom stereocenters. The summed E-state index contributed by atoms with van der Waals surface area (Å²) in [5.41, 5.74) is 0.751. The van der Waals surface area contributed by atoms with Crippen molar-refractivity contribution in [1.29, 1.82) is 0 Å². The zero-order valence-corrected chi connectivity index (χ0v) is 14.6. The van der Waals surface area contributed by atoms with Gasteiger partial charge < -0.3 is 10.1 Å².